The predicted molar refractivity (Wildman–Crippen MR) is 62.1 cm³/mol. The van der Waals surface area contributed by atoms with Gasteiger partial charge in [-0.25, -0.2) is 0 Å². The maximum atomic E-state index is 11.7. The van der Waals surface area contributed by atoms with Crippen molar-refractivity contribution in [3.8, 4) is 6.07 Å². The molecule has 1 fully saturated rings. The number of nitriles is 1. The molecule has 2 rings (SSSR count). The number of hydrogen-bond acceptors (Lipinski definition) is 2. The van der Waals surface area contributed by atoms with E-state index in [2.05, 4.69) is 6.07 Å². The summed E-state index contributed by atoms with van der Waals surface area (Å²) in [7, 11) is 0. The quantitative estimate of drug-likeness (QED) is 0.720. The topological polar surface area (TPSA) is 44.1 Å². The Hall–Kier alpha value is -1.82. The van der Waals surface area contributed by atoms with Crippen LogP contribution in [0.15, 0.2) is 18.2 Å². The molecule has 0 bridgehead atoms. The van der Waals surface area contributed by atoms with E-state index >= 15 is 0 Å². The minimum atomic E-state index is 0.190. The number of benzene rings is 1. The first-order chi connectivity index (χ1) is 7.72. The third-order valence-corrected chi connectivity index (χ3v) is 2.97. The number of rotatable bonds is 1. The van der Waals surface area contributed by atoms with Crippen LogP contribution >= 0.6 is 0 Å². The van der Waals surface area contributed by atoms with Gasteiger partial charge in [-0.2, -0.15) is 5.26 Å². The molecular weight excluding hydrogens is 200 g/mol. The first-order valence-corrected chi connectivity index (χ1v) is 5.53. The smallest absolute Gasteiger partial charge is 0.226 e. The van der Waals surface area contributed by atoms with E-state index in [1.807, 2.05) is 24.0 Å². The number of carbonyl (C=O) groups is 1. The normalized spacial score (nSPS) is 16.0. The number of piperidine rings is 1. The molecule has 1 amide bonds. The first-order valence-electron chi connectivity index (χ1n) is 5.53. The summed E-state index contributed by atoms with van der Waals surface area (Å²) in [4.78, 5) is 13.5. The summed E-state index contributed by atoms with van der Waals surface area (Å²) in [5.74, 6) is 0.190. The highest BCUT2D eigenvalue weighted by Crippen LogP contribution is 2.23. The number of amides is 1. The van der Waals surface area contributed by atoms with Gasteiger partial charge in [0.25, 0.3) is 0 Å². The van der Waals surface area contributed by atoms with Crippen LogP contribution in [0.5, 0.6) is 0 Å². The van der Waals surface area contributed by atoms with Crippen LogP contribution in [-0.4, -0.2) is 12.5 Å². The highest BCUT2D eigenvalue weighted by Gasteiger charge is 2.19. The van der Waals surface area contributed by atoms with Gasteiger partial charge in [-0.1, -0.05) is 0 Å². The predicted octanol–water partition coefficient (Wildman–Crippen LogP) is 2.38. The van der Waals surface area contributed by atoms with E-state index < -0.39 is 0 Å². The maximum absolute atomic E-state index is 11.7. The summed E-state index contributed by atoms with van der Waals surface area (Å²) in [5, 5.41) is 8.84. The molecule has 0 N–H and O–H groups in total. The molecule has 16 heavy (non-hydrogen) atoms. The van der Waals surface area contributed by atoms with Gasteiger partial charge in [0.15, 0.2) is 0 Å². The zero-order chi connectivity index (χ0) is 11.5. The Morgan fingerprint density at radius 1 is 1.38 bits per heavy atom. The van der Waals surface area contributed by atoms with Gasteiger partial charge in [-0.15, -0.1) is 0 Å². The lowest BCUT2D eigenvalue weighted by Crippen LogP contribution is -2.35. The molecule has 3 heteroatoms. The molecule has 0 atom stereocenters. The molecule has 0 aromatic heterocycles. The van der Waals surface area contributed by atoms with Crippen molar-refractivity contribution in [2.75, 3.05) is 11.4 Å². The molecule has 1 aromatic rings. The SMILES string of the molecule is Cc1cc(N2CCCCC2=O)ccc1C#N. The molecule has 0 aliphatic carbocycles. The van der Waals surface area contributed by atoms with E-state index in [1.54, 1.807) is 6.07 Å². The van der Waals surface area contributed by atoms with Gasteiger partial charge in [0.05, 0.1) is 11.6 Å². The summed E-state index contributed by atoms with van der Waals surface area (Å²) in [5.41, 5.74) is 2.52. The third-order valence-electron chi connectivity index (χ3n) is 2.97. The average Bonchev–Trinajstić information content (AvgIpc) is 2.29. The zero-order valence-corrected chi connectivity index (χ0v) is 9.36. The molecule has 1 heterocycles. The molecule has 1 aliphatic rings. The van der Waals surface area contributed by atoms with Crippen LogP contribution in [0.1, 0.15) is 30.4 Å². The largest absolute Gasteiger partial charge is 0.312 e. The Labute approximate surface area is 95.3 Å². The summed E-state index contributed by atoms with van der Waals surface area (Å²) in [6.45, 7) is 2.70. The Bertz CT molecular complexity index is 459. The average molecular weight is 214 g/mol. The van der Waals surface area contributed by atoms with Gasteiger partial charge in [0.2, 0.25) is 5.91 Å². The summed E-state index contributed by atoms with van der Waals surface area (Å²) in [6.07, 6.45) is 2.69. The van der Waals surface area contributed by atoms with Gasteiger partial charge in [0, 0.05) is 18.7 Å². The van der Waals surface area contributed by atoms with E-state index in [4.69, 9.17) is 5.26 Å². The zero-order valence-electron chi connectivity index (χ0n) is 9.36. The van der Waals surface area contributed by atoms with Crippen LogP contribution in [0.25, 0.3) is 0 Å². The van der Waals surface area contributed by atoms with Crippen molar-refractivity contribution in [1.82, 2.24) is 0 Å². The van der Waals surface area contributed by atoms with E-state index in [9.17, 15) is 4.79 Å². The number of nitrogens with zero attached hydrogens (tertiary/aromatic N) is 2. The molecule has 0 radical (unpaired) electrons. The summed E-state index contributed by atoms with van der Waals surface area (Å²) < 4.78 is 0. The monoisotopic (exact) mass is 214 g/mol. The fourth-order valence-corrected chi connectivity index (χ4v) is 2.02. The Kier molecular flexibility index (Phi) is 2.91. The van der Waals surface area contributed by atoms with Crippen molar-refractivity contribution in [1.29, 1.82) is 5.26 Å². The number of aryl methyl sites for hydroxylation is 1. The standard InChI is InChI=1S/C13H14N2O/c1-10-8-12(6-5-11(10)9-14)15-7-3-2-4-13(15)16/h5-6,8H,2-4,7H2,1H3. The van der Waals surface area contributed by atoms with Gasteiger partial charge in [-0.05, 0) is 43.5 Å². The van der Waals surface area contributed by atoms with E-state index in [1.165, 1.54) is 0 Å². The second kappa shape index (κ2) is 4.36. The second-order valence-corrected chi connectivity index (χ2v) is 4.11. The number of hydrogen-bond donors (Lipinski definition) is 0. The first kappa shape index (κ1) is 10.7. The number of carbonyl (C=O) groups excluding carboxylic acids is 1. The van der Waals surface area contributed by atoms with Gasteiger partial charge in [0.1, 0.15) is 0 Å². The second-order valence-electron chi connectivity index (χ2n) is 4.11. The van der Waals surface area contributed by atoms with Gasteiger partial charge in [-0.3, -0.25) is 4.79 Å². The maximum Gasteiger partial charge on any atom is 0.226 e. The van der Waals surface area contributed by atoms with Crippen molar-refractivity contribution in [2.24, 2.45) is 0 Å². The van der Waals surface area contributed by atoms with Crippen molar-refractivity contribution in [2.45, 2.75) is 26.2 Å². The molecule has 1 saturated heterocycles. The lowest BCUT2D eigenvalue weighted by molar-refractivity contribution is -0.119. The summed E-state index contributed by atoms with van der Waals surface area (Å²) in [6, 6.07) is 7.69. The molecule has 1 aliphatic heterocycles. The van der Waals surface area contributed by atoms with Crippen LogP contribution in [0.4, 0.5) is 5.69 Å². The minimum absolute atomic E-state index is 0.190. The van der Waals surface area contributed by atoms with Gasteiger partial charge < -0.3 is 4.90 Å². The van der Waals surface area contributed by atoms with Gasteiger partial charge >= 0.3 is 0 Å². The Balaban J connectivity index is 2.30. The van der Waals surface area contributed by atoms with Crippen molar-refractivity contribution in [3.05, 3.63) is 29.3 Å². The van der Waals surface area contributed by atoms with Crippen LogP contribution < -0.4 is 4.90 Å². The van der Waals surface area contributed by atoms with Crippen LogP contribution in [0.3, 0.4) is 0 Å². The van der Waals surface area contributed by atoms with E-state index in [0.29, 0.717) is 12.0 Å². The fourth-order valence-electron chi connectivity index (χ4n) is 2.02. The molecule has 0 saturated carbocycles. The molecule has 3 nitrogen and oxygen atoms in total. The lowest BCUT2D eigenvalue weighted by Gasteiger charge is -2.27. The molecule has 0 unspecified atom stereocenters. The number of anilines is 1. The molecule has 82 valence electrons. The van der Waals surface area contributed by atoms with E-state index in [-0.39, 0.29) is 5.91 Å². The van der Waals surface area contributed by atoms with Crippen LogP contribution in [0, 0.1) is 18.3 Å². The fraction of sp³-hybridized carbons (Fsp3) is 0.385. The van der Waals surface area contributed by atoms with Crippen molar-refractivity contribution >= 4 is 11.6 Å². The Morgan fingerprint density at radius 3 is 2.81 bits per heavy atom. The molecule has 1 aromatic carbocycles. The Morgan fingerprint density at radius 2 is 2.19 bits per heavy atom. The van der Waals surface area contributed by atoms with E-state index in [0.717, 1.165) is 30.6 Å². The van der Waals surface area contributed by atoms with Crippen molar-refractivity contribution < 1.29 is 4.79 Å². The lowest BCUT2D eigenvalue weighted by atomic mass is 10.1. The highest BCUT2D eigenvalue weighted by molar-refractivity contribution is 5.94. The third kappa shape index (κ3) is 1.92. The van der Waals surface area contributed by atoms with Crippen LogP contribution in [-0.2, 0) is 4.79 Å². The molecular formula is C13H14N2O. The molecule has 0 spiro atoms. The minimum Gasteiger partial charge on any atom is -0.312 e. The highest BCUT2D eigenvalue weighted by atomic mass is 16.2. The van der Waals surface area contributed by atoms with Crippen molar-refractivity contribution in [3.63, 3.8) is 0 Å². The summed E-state index contributed by atoms with van der Waals surface area (Å²) >= 11 is 0. The van der Waals surface area contributed by atoms with Crippen LogP contribution in [0.2, 0.25) is 0 Å².